The molecule has 6 nitrogen and oxygen atoms in total. The second-order valence-electron chi connectivity index (χ2n) is 7.48. The first-order valence-corrected chi connectivity index (χ1v) is 9.96. The molecule has 0 atom stereocenters. The van der Waals surface area contributed by atoms with Gasteiger partial charge < -0.3 is 24.8 Å². The first-order chi connectivity index (χ1) is 14.6. The lowest BCUT2D eigenvalue weighted by Crippen LogP contribution is -2.48. The Kier molecular flexibility index (Phi) is 7.93. The predicted octanol–water partition coefficient (Wildman–Crippen LogP) is 3.72. The van der Waals surface area contributed by atoms with Crippen LogP contribution in [0, 0.1) is 11.6 Å². The van der Waals surface area contributed by atoms with Crippen LogP contribution in [-0.4, -0.2) is 39.6 Å². The number of guanidine groups is 1. The average molecular weight is 545 g/mol. The zero-order valence-corrected chi connectivity index (χ0v) is 19.6. The van der Waals surface area contributed by atoms with E-state index in [2.05, 4.69) is 21.7 Å². The Morgan fingerprint density at radius 2 is 1.81 bits per heavy atom. The Balaban J connectivity index is 0.00000272. The molecule has 2 N–H and O–H groups in total. The highest BCUT2D eigenvalue weighted by atomic mass is 127. The Morgan fingerprint density at radius 3 is 2.58 bits per heavy atom. The molecule has 0 radical (unpaired) electrons. The zero-order chi connectivity index (χ0) is 21.0. The smallest absolute Gasteiger partial charge is 0.231 e. The molecule has 0 amide bonds. The summed E-state index contributed by atoms with van der Waals surface area (Å²) < 4.78 is 43.9. The van der Waals surface area contributed by atoms with Gasteiger partial charge in [-0.2, -0.15) is 0 Å². The molecule has 1 saturated heterocycles. The molecule has 0 aromatic heterocycles. The van der Waals surface area contributed by atoms with Crippen molar-refractivity contribution in [2.45, 2.75) is 24.8 Å². The SMILES string of the molecule is CN=C(NCc1cc(F)ccc1F)NCC1(c2ccc3c(c2)OCO3)CCOCC1.I. The van der Waals surface area contributed by atoms with Crippen molar-refractivity contribution in [1.82, 2.24) is 10.6 Å². The van der Waals surface area contributed by atoms with E-state index in [4.69, 9.17) is 14.2 Å². The fourth-order valence-electron chi connectivity index (χ4n) is 3.89. The number of fused-ring (bicyclic) bond motifs is 1. The Labute approximate surface area is 197 Å². The summed E-state index contributed by atoms with van der Waals surface area (Å²) in [5.41, 5.74) is 1.23. The molecular weight excluding hydrogens is 519 g/mol. The fourth-order valence-corrected chi connectivity index (χ4v) is 3.89. The molecule has 168 valence electrons. The van der Waals surface area contributed by atoms with Gasteiger partial charge in [0.15, 0.2) is 17.5 Å². The lowest BCUT2D eigenvalue weighted by Gasteiger charge is -2.38. The zero-order valence-electron chi connectivity index (χ0n) is 17.2. The first kappa shape index (κ1) is 23.5. The maximum Gasteiger partial charge on any atom is 0.231 e. The van der Waals surface area contributed by atoms with Gasteiger partial charge in [0.1, 0.15) is 11.6 Å². The van der Waals surface area contributed by atoms with Crippen LogP contribution >= 0.6 is 24.0 Å². The highest BCUT2D eigenvalue weighted by Crippen LogP contribution is 2.40. The second kappa shape index (κ2) is 10.4. The molecule has 0 bridgehead atoms. The molecule has 0 unspecified atom stereocenters. The minimum atomic E-state index is -0.472. The van der Waals surface area contributed by atoms with Crippen LogP contribution in [0.3, 0.4) is 0 Å². The van der Waals surface area contributed by atoms with E-state index in [1.54, 1.807) is 7.05 Å². The number of hydrogen-bond acceptors (Lipinski definition) is 4. The standard InChI is InChI=1S/C22H25F2N3O3.HI/c1-25-21(26-12-15-10-17(23)3-4-18(15)24)27-13-22(6-8-28-9-7-22)16-2-5-19-20(11-16)30-14-29-19;/h2-5,10-11H,6-9,12-14H2,1H3,(H2,25,26,27);1H. The van der Waals surface area contributed by atoms with Crippen LogP contribution in [0.5, 0.6) is 11.5 Å². The molecule has 2 aliphatic rings. The van der Waals surface area contributed by atoms with Gasteiger partial charge in [-0.15, -0.1) is 24.0 Å². The lowest BCUT2D eigenvalue weighted by atomic mass is 9.74. The number of halogens is 3. The second-order valence-corrected chi connectivity index (χ2v) is 7.48. The summed E-state index contributed by atoms with van der Waals surface area (Å²) in [5.74, 6) is 1.09. The molecule has 1 fully saturated rings. The van der Waals surface area contributed by atoms with E-state index in [1.165, 1.54) is 6.07 Å². The first-order valence-electron chi connectivity index (χ1n) is 9.96. The minimum Gasteiger partial charge on any atom is -0.454 e. The molecule has 31 heavy (non-hydrogen) atoms. The number of aliphatic imine (C=N–C) groups is 1. The summed E-state index contributed by atoms with van der Waals surface area (Å²) in [5, 5.41) is 6.41. The monoisotopic (exact) mass is 545 g/mol. The normalized spacial score (nSPS) is 17.1. The summed E-state index contributed by atoms with van der Waals surface area (Å²) in [6.45, 7) is 2.30. The average Bonchev–Trinajstić information content (AvgIpc) is 3.25. The van der Waals surface area contributed by atoms with E-state index in [-0.39, 0.29) is 48.3 Å². The number of hydrogen-bond donors (Lipinski definition) is 2. The van der Waals surface area contributed by atoms with E-state index >= 15 is 0 Å². The molecule has 2 aromatic rings. The van der Waals surface area contributed by atoms with Crippen molar-refractivity contribution in [3.05, 3.63) is 59.2 Å². The van der Waals surface area contributed by atoms with Crippen molar-refractivity contribution in [2.75, 3.05) is 33.6 Å². The van der Waals surface area contributed by atoms with E-state index < -0.39 is 11.6 Å². The molecule has 2 aliphatic heterocycles. The molecule has 0 aliphatic carbocycles. The number of nitrogens with zero attached hydrogens (tertiary/aromatic N) is 1. The minimum absolute atomic E-state index is 0. The number of ether oxygens (including phenoxy) is 3. The number of rotatable bonds is 5. The van der Waals surface area contributed by atoms with Gasteiger partial charge in [-0.25, -0.2) is 8.78 Å². The number of nitrogens with one attached hydrogen (secondary N) is 2. The van der Waals surface area contributed by atoms with Crippen molar-refractivity contribution >= 4 is 29.9 Å². The largest absolute Gasteiger partial charge is 0.454 e. The lowest BCUT2D eigenvalue weighted by molar-refractivity contribution is 0.0513. The van der Waals surface area contributed by atoms with Gasteiger partial charge in [0.2, 0.25) is 6.79 Å². The Morgan fingerprint density at radius 1 is 1.03 bits per heavy atom. The van der Waals surface area contributed by atoms with Crippen molar-refractivity contribution in [1.29, 1.82) is 0 Å². The van der Waals surface area contributed by atoms with Crippen LogP contribution in [0.2, 0.25) is 0 Å². The van der Waals surface area contributed by atoms with Crippen LogP contribution in [0.15, 0.2) is 41.4 Å². The predicted molar refractivity (Wildman–Crippen MR) is 124 cm³/mol. The van der Waals surface area contributed by atoms with Gasteiger partial charge in [0.25, 0.3) is 0 Å². The Hall–Kier alpha value is -2.14. The topological polar surface area (TPSA) is 64.1 Å². The third-order valence-corrected chi connectivity index (χ3v) is 5.71. The van der Waals surface area contributed by atoms with Crippen molar-refractivity contribution in [3.63, 3.8) is 0 Å². The summed E-state index contributed by atoms with van der Waals surface area (Å²) >= 11 is 0. The van der Waals surface area contributed by atoms with Crippen molar-refractivity contribution in [3.8, 4) is 11.5 Å². The molecule has 9 heteroatoms. The van der Waals surface area contributed by atoms with E-state index in [1.807, 2.05) is 12.1 Å². The maximum atomic E-state index is 13.9. The molecule has 2 aromatic carbocycles. The summed E-state index contributed by atoms with van der Waals surface area (Å²) in [4.78, 5) is 4.22. The van der Waals surface area contributed by atoms with Crippen LogP contribution in [0.1, 0.15) is 24.0 Å². The third kappa shape index (κ3) is 5.38. The Bertz CT molecular complexity index is 936. The van der Waals surface area contributed by atoms with Gasteiger partial charge in [-0.05, 0) is 48.7 Å². The number of benzene rings is 2. The van der Waals surface area contributed by atoms with Gasteiger partial charge >= 0.3 is 0 Å². The summed E-state index contributed by atoms with van der Waals surface area (Å²) in [6, 6.07) is 9.45. The molecule has 0 saturated carbocycles. The van der Waals surface area contributed by atoms with Crippen molar-refractivity contribution < 1.29 is 23.0 Å². The van der Waals surface area contributed by atoms with Gasteiger partial charge in [-0.3, -0.25) is 4.99 Å². The van der Waals surface area contributed by atoms with E-state index in [9.17, 15) is 8.78 Å². The quantitative estimate of drug-likeness (QED) is 0.341. The van der Waals surface area contributed by atoms with Crippen LogP contribution in [0.4, 0.5) is 8.78 Å². The summed E-state index contributed by atoms with van der Waals surface area (Å²) in [6.07, 6.45) is 1.68. The molecular formula is C22H26F2IN3O3. The third-order valence-electron chi connectivity index (χ3n) is 5.71. The molecule has 4 rings (SSSR count). The molecule has 0 spiro atoms. The molecule has 2 heterocycles. The fraction of sp³-hybridized carbons (Fsp3) is 0.409. The van der Waals surface area contributed by atoms with Gasteiger partial charge in [-0.1, -0.05) is 6.07 Å². The maximum absolute atomic E-state index is 13.9. The summed E-state index contributed by atoms with van der Waals surface area (Å²) in [7, 11) is 1.65. The van der Waals surface area contributed by atoms with Gasteiger partial charge in [0.05, 0.1) is 0 Å². The van der Waals surface area contributed by atoms with Crippen LogP contribution < -0.4 is 20.1 Å². The highest BCUT2D eigenvalue weighted by Gasteiger charge is 2.35. The van der Waals surface area contributed by atoms with Crippen LogP contribution in [-0.2, 0) is 16.7 Å². The van der Waals surface area contributed by atoms with E-state index in [0.29, 0.717) is 25.7 Å². The highest BCUT2D eigenvalue weighted by molar-refractivity contribution is 14.0. The van der Waals surface area contributed by atoms with E-state index in [0.717, 1.165) is 42.0 Å². The van der Waals surface area contributed by atoms with Crippen molar-refractivity contribution in [2.24, 2.45) is 4.99 Å². The van der Waals surface area contributed by atoms with Crippen LogP contribution in [0.25, 0.3) is 0 Å². The van der Waals surface area contributed by atoms with Gasteiger partial charge in [0, 0.05) is 44.3 Å².